The van der Waals surface area contributed by atoms with Crippen molar-refractivity contribution in [3.63, 3.8) is 0 Å². The van der Waals surface area contributed by atoms with Crippen LogP contribution in [0.1, 0.15) is 6.42 Å². The van der Waals surface area contributed by atoms with E-state index in [1.807, 2.05) is 13.1 Å². The van der Waals surface area contributed by atoms with E-state index < -0.39 is 18.3 Å². The molecule has 6 heteroatoms. The maximum absolute atomic E-state index is 11.8. The van der Waals surface area contributed by atoms with Crippen LogP contribution in [0.25, 0.3) is 0 Å². The Hall–Kier alpha value is -0.693. The van der Waals surface area contributed by atoms with Crippen LogP contribution in [0.5, 0.6) is 0 Å². The largest absolute Gasteiger partial charge is 0.432 e. The zero-order valence-corrected chi connectivity index (χ0v) is 12.0. The fourth-order valence-corrected chi connectivity index (χ4v) is 3.55. The van der Waals surface area contributed by atoms with E-state index in [1.54, 1.807) is 30.3 Å². The molecule has 0 aliphatic heterocycles. The van der Waals surface area contributed by atoms with Crippen LogP contribution in [-0.4, -0.2) is 28.1 Å². The highest BCUT2D eigenvalue weighted by atomic mass is 32.2. The average Bonchev–Trinajstić information content (AvgIpc) is 2.25. The van der Waals surface area contributed by atoms with Gasteiger partial charge in [0, 0.05) is 6.54 Å². The summed E-state index contributed by atoms with van der Waals surface area (Å²) in [5, 5.41) is 0. The van der Waals surface area contributed by atoms with E-state index >= 15 is 0 Å². The molecule has 0 unspecified atom stereocenters. The summed E-state index contributed by atoms with van der Waals surface area (Å²) in [6, 6.07) is 8.99. The van der Waals surface area contributed by atoms with E-state index in [4.69, 9.17) is 0 Å². The molecule has 17 heavy (non-hydrogen) atoms. The van der Waals surface area contributed by atoms with E-state index in [9.17, 15) is 13.2 Å². The van der Waals surface area contributed by atoms with Gasteiger partial charge in [0.15, 0.2) is 8.32 Å². The van der Waals surface area contributed by atoms with Crippen LogP contribution < -0.4 is 4.72 Å². The highest BCUT2D eigenvalue weighted by molar-refractivity contribution is 7.89. The second-order valence-corrected chi connectivity index (χ2v) is 10.5. The first-order valence-corrected chi connectivity index (χ1v) is 10.2. The number of benzene rings is 1. The summed E-state index contributed by atoms with van der Waals surface area (Å²) in [5.74, 6) is 0. The molecule has 0 aromatic heterocycles. The smallest absolute Gasteiger partial charge is 0.240 e. The minimum atomic E-state index is -3.39. The summed E-state index contributed by atoms with van der Waals surface area (Å²) in [5.41, 5.74) is 0. The predicted octanol–water partition coefficient (Wildman–Crippen LogP) is 1.55. The first-order valence-electron chi connectivity index (χ1n) is 5.58. The molecule has 0 bridgehead atoms. The molecule has 0 radical (unpaired) electrons. The van der Waals surface area contributed by atoms with Gasteiger partial charge in [-0.2, -0.15) is 0 Å². The van der Waals surface area contributed by atoms with Crippen LogP contribution in [0.3, 0.4) is 0 Å². The molecule has 0 aliphatic carbocycles. The van der Waals surface area contributed by atoms with E-state index in [0.717, 1.165) is 0 Å². The molecule has 2 N–H and O–H groups in total. The third kappa shape index (κ3) is 5.45. The lowest BCUT2D eigenvalue weighted by atomic mass is 10.4. The fraction of sp³-hybridized carbons (Fsp3) is 0.455. The van der Waals surface area contributed by atoms with Crippen molar-refractivity contribution in [2.24, 2.45) is 0 Å². The van der Waals surface area contributed by atoms with Gasteiger partial charge >= 0.3 is 0 Å². The molecule has 1 rings (SSSR count). The standard InChI is InChI=1S/C11H19NO3SSi/c1-17(2,15)10-6-9-12-16(13,14)11-7-4-3-5-8-11/h3-5,7-8,12,15H,6,9-10H2,1-2H3. The van der Waals surface area contributed by atoms with Crippen molar-refractivity contribution in [2.75, 3.05) is 6.54 Å². The van der Waals surface area contributed by atoms with Crippen molar-refractivity contribution in [2.45, 2.75) is 30.5 Å². The van der Waals surface area contributed by atoms with E-state index in [0.29, 0.717) is 19.0 Å². The van der Waals surface area contributed by atoms with Crippen LogP contribution in [0.15, 0.2) is 35.2 Å². The lowest BCUT2D eigenvalue weighted by Gasteiger charge is -2.13. The Morgan fingerprint density at radius 2 is 1.82 bits per heavy atom. The first kappa shape index (κ1) is 14.4. The highest BCUT2D eigenvalue weighted by Gasteiger charge is 2.17. The number of hydrogen-bond donors (Lipinski definition) is 2. The maximum atomic E-state index is 11.8. The molecule has 0 amide bonds. The Labute approximate surface area is 104 Å². The van der Waals surface area contributed by atoms with Gasteiger partial charge in [0.2, 0.25) is 10.0 Å². The van der Waals surface area contributed by atoms with E-state index in [-0.39, 0.29) is 4.90 Å². The third-order valence-corrected chi connectivity index (χ3v) is 5.37. The Bertz CT molecular complexity index is 440. The van der Waals surface area contributed by atoms with Crippen LogP contribution in [0, 0.1) is 0 Å². The second-order valence-electron chi connectivity index (χ2n) is 4.63. The summed E-state index contributed by atoms with van der Waals surface area (Å²) >= 11 is 0. The molecule has 4 nitrogen and oxygen atoms in total. The van der Waals surface area contributed by atoms with Gasteiger partial charge in [-0.05, 0) is 37.7 Å². The van der Waals surface area contributed by atoms with E-state index in [1.165, 1.54) is 0 Å². The van der Waals surface area contributed by atoms with Crippen LogP contribution >= 0.6 is 0 Å². The molecule has 0 saturated carbocycles. The summed E-state index contributed by atoms with van der Waals surface area (Å²) in [6.07, 6.45) is 0.668. The number of rotatable bonds is 6. The molecule has 1 aromatic rings. The zero-order valence-electron chi connectivity index (χ0n) is 10.2. The van der Waals surface area contributed by atoms with Crippen molar-refractivity contribution < 1.29 is 13.2 Å². The topological polar surface area (TPSA) is 66.4 Å². The predicted molar refractivity (Wildman–Crippen MR) is 70.8 cm³/mol. The van der Waals surface area contributed by atoms with Gasteiger partial charge in [0.1, 0.15) is 0 Å². The minimum Gasteiger partial charge on any atom is -0.432 e. The molecule has 1 aromatic carbocycles. The average molecular weight is 273 g/mol. The lowest BCUT2D eigenvalue weighted by Crippen LogP contribution is -2.29. The van der Waals surface area contributed by atoms with Gasteiger partial charge in [-0.1, -0.05) is 18.2 Å². The van der Waals surface area contributed by atoms with Gasteiger partial charge in [-0.25, -0.2) is 13.1 Å². The normalized spacial score (nSPS) is 12.6. The summed E-state index contributed by atoms with van der Waals surface area (Å²) in [7, 11) is -5.46. The third-order valence-electron chi connectivity index (χ3n) is 2.31. The fourth-order valence-electron chi connectivity index (χ4n) is 1.41. The molecule has 0 heterocycles. The van der Waals surface area contributed by atoms with Gasteiger partial charge in [-0.15, -0.1) is 0 Å². The monoisotopic (exact) mass is 273 g/mol. The maximum Gasteiger partial charge on any atom is 0.240 e. The van der Waals surface area contributed by atoms with Crippen LogP contribution in [-0.2, 0) is 10.0 Å². The van der Waals surface area contributed by atoms with Crippen molar-refractivity contribution in [1.29, 1.82) is 0 Å². The summed E-state index contributed by atoms with van der Waals surface area (Å²) in [4.78, 5) is 9.90. The van der Waals surface area contributed by atoms with Gasteiger partial charge in [0.25, 0.3) is 0 Å². The first-order chi connectivity index (χ1) is 7.81. The van der Waals surface area contributed by atoms with Crippen molar-refractivity contribution >= 4 is 18.3 Å². The zero-order chi connectivity index (χ0) is 12.9. The van der Waals surface area contributed by atoms with Gasteiger partial charge < -0.3 is 4.80 Å². The highest BCUT2D eigenvalue weighted by Crippen LogP contribution is 2.09. The van der Waals surface area contributed by atoms with Crippen molar-refractivity contribution in [1.82, 2.24) is 4.72 Å². The van der Waals surface area contributed by atoms with Crippen LogP contribution in [0.4, 0.5) is 0 Å². The number of hydrogen-bond acceptors (Lipinski definition) is 3. The van der Waals surface area contributed by atoms with Gasteiger partial charge in [-0.3, -0.25) is 0 Å². The molecule has 0 aliphatic rings. The summed E-state index contributed by atoms with van der Waals surface area (Å²) in [6.45, 7) is 4.06. The Morgan fingerprint density at radius 1 is 1.24 bits per heavy atom. The number of nitrogens with one attached hydrogen (secondary N) is 1. The number of sulfonamides is 1. The van der Waals surface area contributed by atoms with Crippen molar-refractivity contribution in [3.8, 4) is 0 Å². The SMILES string of the molecule is C[Si](C)(O)CCCNS(=O)(=O)c1ccccc1. The molecule has 0 saturated heterocycles. The molecular formula is C11H19NO3SSi. The molecule has 0 atom stereocenters. The summed E-state index contributed by atoms with van der Waals surface area (Å²) < 4.78 is 26.1. The quantitative estimate of drug-likeness (QED) is 0.610. The van der Waals surface area contributed by atoms with Crippen molar-refractivity contribution in [3.05, 3.63) is 30.3 Å². The van der Waals surface area contributed by atoms with Gasteiger partial charge in [0.05, 0.1) is 4.90 Å². The molecule has 96 valence electrons. The molecular weight excluding hydrogens is 254 g/mol. The second kappa shape index (κ2) is 5.77. The Morgan fingerprint density at radius 3 is 2.35 bits per heavy atom. The Kier molecular flexibility index (Phi) is 4.87. The Balaban J connectivity index is 2.47. The lowest BCUT2D eigenvalue weighted by molar-refractivity contribution is 0.541. The van der Waals surface area contributed by atoms with Crippen LogP contribution in [0.2, 0.25) is 19.1 Å². The molecule has 0 fully saturated rings. The minimum absolute atomic E-state index is 0.278. The molecule has 0 spiro atoms. The van der Waals surface area contributed by atoms with E-state index in [2.05, 4.69) is 4.72 Å².